The zero-order valence-electron chi connectivity index (χ0n) is 16.1. The maximum Gasteiger partial charge on any atom is 0.192 e. The molecule has 2 N–H and O–H groups in total. The van der Waals surface area contributed by atoms with Gasteiger partial charge in [0.25, 0.3) is 0 Å². The SMILES string of the molecule is Cc1nc(CNC(=NCc2nnc(C)n2C)NCCc2cccs2)sc1C. The van der Waals surface area contributed by atoms with E-state index in [0.29, 0.717) is 13.1 Å². The van der Waals surface area contributed by atoms with E-state index in [1.165, 1.54) is 9.75 Å². The number of aryl methyl sites for hydroxylation is 3. The van der Waals surface area contributed by atoms with Crippen LogP contribution in [-0.4, -0.2) is 32.3 Å². The molecule has 0 unspecified atom stereocenters. The van der Waals surface area contributed by atoms with Crippen molar-refractivity contribution in [1.82, 2.24) is 30.4 Å². The Morgan fingerprint density at radius 1 is 1.22 bits per heavy atom. The molecule has 0 aliphatic rings. The van der Waals surface area contributed by atoms with Crippen molar-refractivity contribution in [3.63, 3.8) is 0 Å². The van der Waals surface area contributed by atoms with Gasteiger partial charge in [0.1, 0.15) is 17.4 Å². The quantitative estimate of drug-likeness (QED) is 0.468. The highest BCUT2D eigenvalue weighted by Gasteiger charge is 2.07. The van der Waals surface area contributed by atoms with Crippen molar-refractivity contribution in [2.24, 2.45) is 12.0 Å². The third-order valence-electron chi connectivity index (χ3n) is 4.29. The van der Waals surface area contributed by atoms with Crippen LogP contribution in [0.3, 0.4) is 0 Å². The van der Waals surface area contributed by atoms with Gasteiger partial charge in [-0.1, -0.05) is 6.07 Å². The molecule has 0 spiro atoms. The van der Waals surface area contributed by atoms with Gasteiger partial charge in [-0.25, -0.2) is 9.98 Å². The van der Waals surface area contributed by atoms with Crippen molar-refractivity contribution in [1.29, 1.82) is 0 Å². The van der Waals surface area contributed by atoms with Crippen molar-refractivity contribution < 1.29 is 0 Å². The second-order valence-corrected chi connectivity index (χ2v) is 8.57. The van der Waals surface area contributed by atoms with Crippen LogP contribution in [0.2, 0.25) is 0 Å². The Labute approximate surface area is 167 Å². The van der Waals surface area contributed by atoms with Crippen LogP contribution in [0.15, 0.2) is 22.5 Å². The number of thiazole rings is 1. The lowest BCUT2D eigenvalue weighted by atomic mass is 10.3. The Kier molecular flexibility index (Phi) is 6.57. The van der Waals surface area contributed by atoms with E-state index in [0.717, 1.165) is 41.3 Å². The highest BCUT2D eigenvalue weighted by atomic mass is 32.1. The lowest BCUT2D eigenvalue weighted by Gasteiger charge is -2.11. The van der Waals surface area contributed by atoms with Crippen LogP contribution in [0.25, 0.3) is 0 Å². The summed E-state index contributed by atoms with van der Waals surface area (Å²) in [6.45, 7) is 8.02. The first-order valence-corrected chi connectivity index (χ1v) is 10.5. The first-order valence-electron chi connectivity index (χ1n) is 8.85. The second kappa shape index (κ2) is 9.09. The summed E-state index contributed by atoms with van der Waals surface area (Å²) in [6.07, 6.45) is 0.969. The number of hydrogen-bond acceptors (Lipinski definition) is 6. The average Bonchev–Trinajstić information content (AvgIpc) is 3.35. The van der Waals surface area contributed by atoms with Gasteiger partial charge in [0.2, 0.25) is 0 Å². The minimum absolute atomic E-state index is 0.474. The van der Waals surface area contributed by atoms with Gasteiger partial charge in [0, 0.05) is 23.3 Å². The van der Waals surface area contributed by atoms with E-state index in [4.69, 9.17) is 0 Å². The molecule has 0 radical (unpaired) electrons. The van der Waals surface area contributed by atoms with Crippen molar-refractivity contribution >= 4 is 28.6 Å². The van der Waals surface area contributed by atoms with Crippen LogP contribution >= 0.6 is 22.7 Å². The van der Waals surface area contributed by atoms with E-state index in [2.05, 4.69) is 55.2 Å². The molecular weight excluding hydrogens is 378 g/mol. The fourth-order valence-corrected chi connectivity index (χ4v) is 4.03. The Balaban J connectivity index is 1.62. The second-order valence-electron chi connectivity index (χ2n) is 6.25. The van der Waals surface area contributed by atoms with Crippen molar-refractivity contribution in [3.8, 4) is 0 Å². The number of hydrogen-bond donors (Lipinski definition) is 2. The van der Waals surface area contributed by atoms with E-state index in [-0.39, 0.29) is 0 Å². The van der Waals surface area contributed by atoms with Gasteiger partial charge in [-0.05, 0) is 38.6 Å². The van der Waals surface area contributed by atoms with Crippen molar-refractivity contribution in [2.75, 3.05) is 6.54 Å². The summed E-state index contributed by atoms with van der Waals surface area (Å²) >= 11 is 3.49. The third kappa shape index (κ3) is 5.36. The molecule has 0 aromatic carbocycles. The molecule has 3 aromatic rings. The van der Waals surface area contributed by atoms with Crippen LogP contribution in [-0.2, 0) is 26.6 Å². The monoisotopic (exact) mass is 403 g/mol. The highest BCUT2D eigenvalue weighted by molar-refractivity contribution is 7.11. The lowest BCUT2D eigenvalue weighted by Crippen LogP contribution is -2.38. The minimum atomic E-state index is 0.474. The minimum Gasteiger partial charge on any atom is -0.356 e. The first-order chi connectivity index (χ1) is 13.0. The molecule has 3 aromatic heterocycles. The molecule has 27 heavy (non-hydrogen) atoms. The van der Waals surface area contributed by atoms with E-state index < -0.39 is 0 Å². The smallest absolute Gasteiger partial charge is 0.192 e. The highest BCUT2D eigenvalue weighted by Crippen LogP contribution is 2.16. The number of guanidine groups is 1. The Morgan fingerprint density at radius 3 is 2.70 bits per heavy atom. The largest absolute Gasteiger partial charge is 0.356 e. The van der Waals surface area contributed by atoms with Gasteiger partial charge < -0.3 is 15.2 Å². The molecule has 0 atom stereocenters. The Hall–Kier alpha value is -2.26. The predicted octanol–water partition coefficient (Wildman–Crippen LogP) is 2.74. The zero-order chi connectivity index (χ0) is 19.2. The molecule has 7 nitrogen and oxygen atoms in total. The number of rotatable bonds is 7. The van der Waals surface area contributed by atoms with Crippen LogP contribution in [0.1, 0.15) is 32.1 Å². The van der Waals surface area contributed by atoms with E-state index in [1.807, 2.05) is 25.5 Å². The molecule has 0 saturated carbocycles. The van der Waals surface area contributed by atoms with Gasteiger partial charge in [-0.15, -0.1) is 32.9 Å². The molecule has 0 aliphatic carbocycles. The maximum absolute atomic E-state index is 4.68. The first kappa shape index (κ1) is 19.5. The molecule has 0 aliphatic heterocycles. The number of thiophene rings is 1. The summed E-state index contributed by atoms with van der Waals surface area (Å²) in [5.74, 6) is 2.49. The van der Waals surface area contributed by atoms with Gasteiger partial charge >= 0.3 is 0 Å². The topological polar surface area (TPSA) is 80.0 Å². The van der Waals surface area contributed by atoms with Crippen LogP contribution < -0.4 is 10.6 Å². The Bertz CT molecular complexity index is 874. The van der Waals surface area contributed by atoms with Crippen molar-refractivity contribution in [3.05, 3.63) is 49.6 Å². The molecule has 9 heteroatoms. The number of nitrogens with zero attached hydrogens (tertiary/aromatic N) is 5. The number of aromatic nitrogens is 4. The predicted molar refractivity (Wildman–Crippen MR) is 111 cm³/mol. The van der Waals surface area contributed by atoms with Crippen LogP contribution in [0.4, 0.5) is 0 Å². The standard InChI is InChI=1S/C18H25N7S2/c1-12-13(2)27-17(22-12)11-21-18(19-8-7-15-6-5-9-26-15)20-10-16-24-23-14(3)25(16)4/h5-6,9H,7-8,10-11H2,1-4H3,(H2,19,20,21). The fraction of sp³-hybridized carbons (Fsp3) is 0.444. The van der Waals surface area contributed by atoms with E-state index in [1.54, 1.807) is 22.7 Å². The summed E-state index contributed by atoms with van der Waals surface area (Å²) in [4.78, 5) is 11.9. The molecule has 0 bridgehead atoms. The maximum atomic E-state index is 4.68. The number of aliphatic imine (C=N–C) groups is 1. The molecule has 144 valence electrons. The fourth-order valence-electron chi connectivity index (χ4n) is 2.45. The summed E-state index contributed by atoms with van der Waals surface area (Å²) in [5, 5.41) is 18.2. The molecule has 3 heterocycles. The molecule has 0 saturated heterocycles. The molecule has 3 rings (SSSR count). The molecule has 0 amide bonds. The lowest BCUT2D eigenvalue weighted by molar-refractivity contribution is 0.748. The van der Waals surface area contributed by atoms with Gasteiger partial charge in [0.05, 0.1) is 12.2 Å². The number of nitrogens with one attached hydrogen (secondary N) is 2. The van der Waals surface area contributed by atoms with Crippen molar-refractivity contribution in [2.45, 2.75) is 40.3 Å². The molecule has 0 fully saturated rings. The van der Waals surface area contributed by atoms with E-state index >= 15 is 0 Å². The Morgan fingerprint density at radius 2 is 2.07 bits per heavy atom. The summed E-state index contributed by atoms with van der Waals surface area (Å²) < 4.78 is 1.96. The van der Waals surface area contributed by atoms with Gasteiger partial charge in [-0.2, -0.15) is 0 Å². The zero-order valence-corrected chi connectivity index (χ0v) is 17.7. The molecular formula is C18H25N7S2. The third-order valence-corrected chi connectivity index (χ3v) is 6.29. The van der Waals surface area contributed by atoms with Gasteiger partial charge in [0.15, 0.2) is 11.8 Å². The van der Waals surface area contributed by atoms with Crippen LogP contribution in [0, 0.1) is 20.8 Å². The normalized spacial score (nSPS) is 11.8. The summed E-state index contributed by atoms with van der Waals surface area (Å²) in [5.41, 5.74) is 1.09. The average molecular weight is 404 g/mol. The van der Waals surface area contributed by atoms with E-state index in [9.17, 15) is 0 Å². The summed E-state index contributed by atoms with van der Waals surface area (Å²) in [7, 11) is 1.96. The summed E-state index contributed by atoms with van der Waals surface area (Å²) in [6, 6.07) is 4.23. The van der Waals surface area contributed by atoms with Crippen LogP contribution in [0.5, 0.6) is 0 Å². The van der Waals surface area contributed by atoms with Gasteiger partial charge in [-0.3, -0.25) is 0 Å².